The van der Waals surface area contributed by atoms with Crippen molar-refractivity contribution < 1.29 is 13.2 Å². The summed E-state index contributed by atoms with van der Waals surface area (Å²) in [5.74, 6) is -0.287. The molecule has 0 saturated carbocycles. The second kappa shape index (κ2) is 7.21. The monoisotopic (exact) mass is 327 g/mol. The first-order valence-corrected chi connectivity index (χ1v) is 8.79. The third kappa shape index (κ3) is 5.08. The molecule has 0 fully saturated rings. The maximum absolute atomic E-state index is 12.1. The summed E-state index contributed by atoms with van der Waals surface area (Å²) in [7, 11) is -3.53. The maximum Gasteiger partial charge on any atom is 0.244 e. The van der Waals surface area contributed by atoms with Crippen molar-refractivity contribution >= 4 is 21.6 Å². The molecular weight excluding hydrogens is 302 g/mol. The van der Waals surface area contributed by atoms with E-state index in [2.05, 4.69) is 10.0 Å². The van der Waals surface area contributed by atoms with Crippen molar-refractivity contribution in [2.75, 3.05) is 5.32 Å². The zero-order valence-electron chi connectivity index (χ0n) is 13.5. The first-order chi connectivity index (χ1) is 10.1. The third-order valence-electron chi connectivity index (χ3n) is 3.10. The summed E-state index contributed by atoms with van der Waals surface area (Å²) in [6.45, 7) is 7.14. The maximum atomic E-state index is 12.1. The van der Waals surface area contributed by atoms with Gasteiger partial charge < -0.3 is 11.1 Å². The molecule has 0 bridgehead atoms. The lowest BCUT2D eigenvalue weighted by Gasteiger charge is -2.22. The van der Waals surface area contributed by atoms with Crippen molar-refractivity contribution in [3.63, 3.8) is 0 Å². The van der Waals surface area contributed by atoms with Crippen LogP contribution in [0.3, 0.4) is 0 Å². The number of benzene rings is 1. The van der Waals surface area contributed by atoms with Crippen LogP contribution in [0.15, 0.2) is 29.2 Å². The Bertz CT molecular complexity index is 607. The number of hydrogen-bond donors (Lipinski definition) is 3. The first-order valence-electron chi connectivity index (χ1n) is 7.31. The van der Waals surface area contributed by atoms with E-state index in [-0.39, 0.29) is 16.8 Å². The zero-order chi connectivity index (χ0) is 17.0. The number of rotatable bonds is 7. The Kier molecular flexibility index (Phi) is 6.10. The van der Waals surface area contributed by atoms with E-state index < -0.39 is 15.6 Å². The number of anilines is 1. The Hall–Kier alpha value is -1.44. The molecule has 0 radical (unpaired) electrons. The molecular formula is C15H25N3O3S. The minimum atomic E-state index is -3.53. The average Bonchev–Trinajstić information content (AvgIpc) is 2.37. The quantitative estimate of drug-likeness (QED) is 0.711. The molecule has 1 atom stereocenters. The molecule has 1 aromatic carbocycles. The van der Waals surface area contributed by atoms with Gasteiger partial charge in [-0.1, -0.05) is 13.3 Å². The van der Waals surface area contributed by atoms with Crippen LogP contribution < -0.4 is 15.8 Å². The smallest absolute Gasteiger partial charge is 0.244 e. The summed E-state index contributed by atoms with van der Waals surface area (Å²) >= 11 is 0. The SMILES string of the molecule is CCCC(C)(N)C(=O)Nc1ccc(S(=O)(=O)NC(C)C)cc1. The van der Waals surface area contributed by atoms with E-state index in [0.29, 0.717) is 12.1 Å². The highest BCUT2D eigenvalue weighted by Crippen LogP contribution is 2.17. The first kappa shape index (κ1) is 18.6. The van der Waals surface area contributed by atoms with Crippen LogP contribution >= 0.6 is 0 Å². The van der Waals surface area contributed by atoms with Crippen LogP contribution in [-0.4, -0.2) is 25.9 Å². The number of carbonyl (C=O) groups is 1. The van der Waals surface area contributed by atoms with E-state index in [0.717, 1.165) is 6.42 Å². The van der Waals surface area contributed by atoms with Crippen molar-refractivity contribution in [1.82, 2.24) is 4.72 Å². The van der Waals surface area contributed by atoms with Gasteiger partial charge in [0.15, 0.2) is 0 Å². The Morgan fingerprint density at radius 1 is 1.27 bits per heavy atom. The van der Waals surface area contributed by atoms with Gasteiger partial charge in [0.05, 0.1) is 10.4 Å². The molecule has 7 heteroatoms. The molecule has 0 heterocycles. The lowest BCUT2D eigenvalue weighted by molar-refractivity contribution is -0.120. The molecule has 22 heavy (non-hydrogen) atoms. The molecule has 1 aromatic rings. The van der Waals surface area contributed by atoms with Crippen molar-refractivity contribution in [3.05, 3.63) is 24.3 Å². The molecule has 0 spiro atoms. The van der Waals surface area contributed by atoms with Gasteiger partial charge in [-0.05, 0) is 51.5 Å². The summed E-state index contributed by atoms with van der Waals surface area (Å²) in [6, 6.07) is 5.82. The number of hydrogen-bond acceptors (Lipinski definition) is 4. The van der Waals surface area contributed by atoms with Crippen LogP contribution in [0.1, 0.15) is 40.5 Å². The van der Waals surface area contributed by atoms with Gasteiger partial charge in [0, 0.05) is 11.7 Å². The molecule has 1 amide bonds. The fraction of sp³-hybridized carbons (Fsp3) is 0.533. The number of nitrogens with two attached hydrogens (primary N) is 1. The van der Waals surface area contributed by atoms with Gasteiger partial charge in [0.1, 0.15) is 0 Å². The predicted octanol–water partition coefficient (Wildman–Crippen LogP) is 1.83. The Labute approximate surface area is 132 Å². The second-order valence-electron chi connectivity index (χ2n) is 5.92. The highest BCUT2D eigenvalue weighted by atomic mass is 32.2. The molecule has 1 rings (SSSR count). The highest BCUT2D eigenvalue weighted by Gasteiger charge is 2.27. The highest BCUT2D eigenvalue weighted by molar-refractivity contribution is 7.89. The van der Waals surface area contributed by atoms with Gasteiger partial charge in [0.2, 0.25) is 15.9 Å². The van der Waals surface area contributed by atoms with Gasteiger partial charge in [-0.15, -0.1) is 0 Å². The van der Waals surface area contributed by atoms with Gasteiger partial charge >= 0.3 is 0 Å². The largest absolute Gasteiger partial charge is 0.325 e. The molecule has 0 saturated heterocycles. The van der Waals surface area contributed by atoms with Crippen LogP contribution in [0.4, 0.5) is 5.69 Å². The van der Waals surface area contributed by atoms with Crippen LogP contribution in [0.25, 0.3) is 0 Å². The summed E-state index contributed by atoms with van der Waals surface area (Å²) in [6.07, 6.45) is 1.38. The molecule has 1 unspecified atom stereocenters. The fourth-order valence-corrected chi connectivity index (χ4v) is 3.25. The number of amides is 1. The molecule has 124 valence electrons. The summed E-state index contributed by atoms with van der Waals surface area (Å²) in [5, 5.41) is 2.71. The van der Waals surface area contributed by atoms with Crippen LogP contribution in [-0.2, 0) is 14.8 Å². The number of carbonyl (C=O) groups excluding carboxylic acids is 1. The minimum Gasteiger partial charge on any atom is -0.325 e. The minimum absolute atomic E-state index is 0.156. The van der Waals surface area contributed by atoms with E-state index in [1.54, 1.807) is 32.9 Å². The standard InChI is InChI=1S/C15H25N3O3S/c1-5-10-15(4,16)14(19)17-12-6-8-13(9-7-12)22(20,21)18-11(2)3/h6-9,11,18H,5,10,16H2,1-4H3,(H,17,19). The van der Waals surface area contributed by atoms with Gasteiger partial charge in [-0.3, -0.25) is 4.79 Å². The van der Waals surface area contributed by atoms with Crippen molar-refractivity contribution in [2.24, 2.45) is 5.73 Å². The van der Waals surface area contributed by atoms with E-state index in [1.807, 2.05) is 6.92 Å². The number of sulfonamides is 1. The molecule has 0 aliphatic rings. The molecule has 4 N–H and O–H groups in total. The van der Waals surface area contributed by atoms with Crippen LogP contribution in [0.2, 0.25) is 0 Å². The van der Waals surface area contributed by atoms with Gasteiger partial charge in [-0.2, -0.15) is 0 Å². The number of nitrogens with one attached hydrogen (secondary N) is 2. The lowest BCUT2D eigenvalue weighted by Crippen LogP contribution is -2.48. The van der Waals surface area contributed by atoms with Gasteiger partial charge in [-0.25, -0.2) is 13.1 Å². The molecule has 0 aliphatic carbocycles. The third-order valence-corrected chi connectivity index (χ3v) is 4.78. The summed E-state index contributed by atoms with van der Waals surface area (Å²) in [4.78, 5) is 12.2. The lowest BCUT2D eigenvalue weighted by atomic mass is 9.96. The topological polar surface area (TPSA) is 101 Å². The summed E-state index contributed by atoms with van der Waals surface area (Å²) < 4.78 is 26.5. The van der Waals surface area contributed by atoms with Crippen molar-refractivity contribution in [1.29, 1.82) is 0 Å². The van der Waals surface area contributed by atoms with E-state index in [4.69, 9.17) is 5.73 Å². The Morgan fingerprint density at radius 3 is 2.27 bits per heavy atom. The normalized spacial score (nSPS) is 14.6. The molecule has 0 aromatic heterocycles. The predicted molar refractivity (Wildman–Crippen MR) is 88.0 cm³/mol. The zero-order valence-corrected chi connectivity index (χ0v) is 14.3. The fourth-order valence-electron chi connectivity index (χ4n) is 2.00. The summed E-state index contributed by atoms with van der Waals surface area (Å²) in [5.41, 5.74) is 5.52. The molecule has 0 aliphatic heterocycles. The Morgan fingerprint density at radius 2 is 1.82 bits per heavy atom. The average molecular weight is 327 g/mol. The molecule has 6 nitrogen and oxygen atoms in total. The van der Waals surface area contributed by atoms with Gasteiger partial charge in [0.25, 0.3) is 0 Å². The van der Waals surface area contributed by atoms with Crippen LogP contribution in [0.5, 0.6) is 0 Å². The van der Waals surface area contributed by atoms with E-state index in [9.17, 15) is 13.2 Å². The van der Waals surface area contributed by atoms with Crippen LogP contribution in [0, 0.1) is 0 Å². The Balaban J connectivity index is 2.84. The van der Waals surface area contributed by atoms with E-state index in [1.165, 1.54) is 12.1 Å². The van der Waals surface area contributed by atoms with Crippen molar-refractivity contribution in [3.8, 4) is 0 Å². The second-order valence-corrected chi connectivity index (χ2v) is 7.64. The van der Waals surface area contributed by atoms with Crippen molar-refractivity contribution in [2.45, 2.75) is 57.0 Å². The van der Waals surface area contributed by atoms with E-state index >= 15 is 0 Å².